The monoisotopic (exact) mass is 349 g/mol. The summed E-state index contributed by atoms with van der Waals surface area (Å²) in [5.74, 6) is -1.98. The molecule has 7 heteroatoms. The fourth-order valence-electron chi connectivity index (χ4n) is 2.95. The molecule has 1 aromatic rings. The van der Waals surface area contributed by atoms with Crippen molar-refractivity contribution in [2.75, 3.05) is 13.2 Å². The Balaban J connectivity index is 2.08. The van der Waals surface area contributed by atoms with E-state index in [1.165, 1.54) is 12.1 Å². The van der Waals surface area contributed by atoms with Gasteiger partial charge in [-0.3, -0.25) is 4.79 Å². The first-order valence-corrected chi connectivity index (χ1v) is 8.32. The third-order valence-electron chi connectivity index (χ3n) is 4.17. The highest BCUT2D eigenvalue weighted by molar-refractivity contribution is 5.95. The van der Waals surface area contributed by atoms with Crippen molar-refractivity contribution in [1.82, 2.24) is 4.90 Å². The molecule has 0 bridgehead atoms. The summed E-state index contributed by atoms with van der Waals surface area (Å²) in [6, 6.07) is 3.64. The Labute approximate surface area is 146 Å². The van der Waals surface area contributed by atoms with Gasteiger partial charge >= 0.3 is 11.9 Å². The van der Waals surface area contributed by atoms with Crippen molar-refractivity contribution >= 4 is 17.8 Å². The molecule has 0 saturated carbocycles. The van der Waals surface area contributed by atoms with Gasteiger partial charge in [-0.2, -0.15) is 0 Å². The Kier molecular flexibility index (Phi) is 6.01. The first-order valence-electron chi connectivity index (χ1n) is 8.32. The summed E-state index contributed by atoms with van der Waals surface area (Å²) < 4.78 is 5.63. The standard InChI is InChI=1S/C18H23NO6/c1-11(2)8-16(20)19-7-3-4-13(19)10-25-15-6-5-12(17(21)22)9-14(15)18(23)24/h5-6,9,11,13H,3-4,7-8,10H2,1-2H3,(H,21,22)(H,23,24)/t13-/m0/s1. The van der Waals surface area contributed by atoms with Gasteiger partial charge in [0.25, 0.3) is 0 Å². The Bertz CT molecular complexity index is 670. The van der Waals surface area contributed by atoms with Crippen LogP contribution in [0.25, 0.3) is 0 Å². The lowest BCUT2D eigenvalue weighted by atomic mass is 10.1. The van der Waals surface area contributed by atoms with Crippen molar-refractivity contribution < 1.29 is 29.3 Å². The molecule has 1 atom stereocenters. The molecule has 1 fully saturated rings. The SMILES string of the molecule is CC(C)CC(=O)N1CCC[C@H]1COc1ccc(C(=O)O)cc1C(=O)O. The van der Waals surface area contributed by atoms with Crippen LogP contribution in [0.15, 0.2) is 18.2 Å². The van der Waals surface area contributed by atoms with Crippen molar-refractivity contribution in [3.05, 3.63) is 29.3 Å². The minimum Gasteiger partial charge on any atom is -0.491 e. The summed E-state index contributed by atoms with van der Waals surface area (Å²) in [5.41, 5.74) is -0.308. The van der Waals surface area contributed by atoms with E-state index in [9.17, 15) is 19.5 Å². The number of carboxylic acids is 2. The molecule has 1 aromatic carbocycles. The van der Waals surface area contributed by atoms with E-state index in [1.807, 2.05) is 13.8 Å². The van der Waals surface area contributed by atoms with Crippen LogP contribution in [0.2, 0.25) is 0 Å². The molecule has 1 aliphatic heterocycles. The van der Waals surface area contributed by atoms with E-state index in [0.29, 0.717) is 13.0 Å². The summed E-state index contributed by atoms with van der Waals surface area (Å²) in [4.78, 5) is 36.4. The lowest BCUT2D eigenvalue weighted by Crippen LogP contribution is -2.39. The van der Waals surface area contributed by atoms with Gasteiger partial charge in [0, 0.05) is 13.0 Å². The average Bonchev–Trinajstić information content (AvgIpc) is 3.00. The lowest BCUT2D eigenvalue weighted by Gasteiger charge is -2.26. The molecule has 1 aliphatic rings. The highest BCUT2D eigenvalue weighted by Crippen LogP contribution is 2.24. The number of benzene rings is 1. The minimum absolute atomic E-state index is 0.0841. The number of nitrogens with zero attached hydrogens (tertiary/aromatic N) is 1. The number of aromatic carboxylic acids is 2. The van der Waals surface area contributed by atoms with Gasteiger partial charge in [0.2, 0.25) is 5.91 Å². The van der Waals surface area contributed by atoms with E-state index in [1.54, 1.807) is 4.90 Å². The molecule has 7 nitrogen and oxygen atoms in total. The van der Waals surface area contributed by atoms with Crippen LogP contribution in [0, 0.1) is 5.92 Å². The van der Waals surface area contributed by atoms with Crippen molar-refractivity contribution in [2.45, 2.75) is 39.2 Å². The number of hydrogen-bond acceptors (Lipinski definition) is 4. The molecule has 0 unspecified atom stereocenters. The molecule has 2 N–H and O–H groups in total. The van der Waals surface area contributed by atoms with Gasteiger partial charge < -0.3 is 19.8 Å². The average molecular weight is 349 g/mol. The van der Waals surface area contributed by atoms with Gasteiger partial charge in [-0.25, -0.2) is 9.59 Å². The molecule has 0 spiro atoms. The van der Waals surface area contributed by atoms with Gasteiger partial charge in [0.15, 0.2) is 0 Å². The Morgan fingerprint density at radius 2 is 1.96 bits per heavy atom. The topological polar surface area (TPSA) is 104 Å². The minimum atomic E-state index is -1.25. The molecule has 1 amide bonds. The van der Waals surface area contributed by atoms with Gasteiger partial charge in [0.1, 0.15) is 17.9 Å². The van der Waals surface area contributed by atoms with Crippen LogP contribution in [0.1, 0.15) is 53.8 Å². The fraction of sp³-hybridized carbons (Fsp3) is 0.500. The van der Waals surface area contributed by atoms with Crippen molar-refractivity contribution in [2.24, 2.45) is 5.92 Å². The van der Waals surface area contributed by atoms with Crippen LogP contribution >= 0.6 is 0 Å². The van der Waals surface area contributed by atoms with Gasteiger partial charge in [-0.15, -0.1) is 0 Å². The lowest BCUT2D eigenvalue weighted by molar-refractivity contribution is -0.133. The summed E-state index contributed by atoms with van der Waals surface area (Å²) in [5, 5.41) is 18.2. The molecule has 0 radical (unpaired) electrons. The number of likely N-dealkylation sites (tertiary alicyclic amines) is 1. The van der Waals surface area contributed by atoms with E-state index in [4.69, 9.17) is 9.84 Å². The van der Waals surface area contributed by atoms with E-state index in [-0.39, 0.29) is 41.4 Å². The molecule has 2 rings (SSSR count). The number of carbonyl (C=O) groups excluding carboxylic acids is 1. The number of amides is 1. The van der Waals surface area contributed by atoms with E-state index >= 15 is 0 Å². The number of carbonyl (C=O) groups is 3. The Hall–Kier alpha value is -2.57. The van der Waals surface area contributed by atoms with E-state index in [0.717, 1.165) is 18.9 Å². The highest BCUT2D eigenvalue weighted by atomic mass is 16.5. The molecule has 1 saturated heterocycles. The fourth-order valence-corrected chi connectivity index (χ4v) is 2.95. The number of ether oxygens (including phenoxy) is 1. The third kappa shape index (κ3) is 4.71. The number of rotatable bonds is 7. The zero-order valence-electron chi connectivity index (χ0n) is 14.4. The van der Waals surface area contributed by atoms with E-state index in [2.05, 4.69) is 0 Å². The maximum absolute atomic E-state index is 12.3. The first kappa shape index (κ1) is 18.8. The summed E-state index contributed by atoms with van der Waals surface area (Å²) in [7, 11) is 0. The van der Waals surface area contributed by atoms with Crippen LogP contribution in [0.5, 0.6) is 5.75 Å². The van der Waals surface area contributed by atoms with Gasteiger partial charge in [-0.1, -0.05) is 13.8 Å². The maximum atomic E-state index is 12.3. The highest BCUT2D eigenvalue weighted by Gasteiger charge is 2.29. The predicted molar refractivity (Wildman–Crippen MR) is 90.0 cm³/mol. The maximum Gasteiger partial charge on any atom is 0.339 e. The molecular weight excluding hydrogens is 326 g/mol. The molecule has 25 heavy (non-hydrogen) atoms. The van der Waals surface area contributed by atoms with Crippen molar-refractivity contribution in [1.29, 1.82) is 0 Å². The van der Waals surface area contributed by atoms with Crippen LogP contribution < -0.4 is 4.74 Å². The van der Waals surface area contributed by atoms with Crippen LogP contribution in [0.3, 0.4) is 0 Å². The second-order valence-corrected chi connectivity index (χ2v) is 6.61. The smallest absolute Gasteiger partial charge is 0.339 e. The second kappa shape index (κ2) is 8.00. The van der Waals surface area contributed by atoms with Gasteiger partial charge in [0.05, 0.1) is 11.6 Å². The number of carboxylic acid groups (broad SMARTS) is 2. The zero-order valence-corrected chi connectivity index (χ0v) is 14.4. The second-order valence-electron chi connectivity index (χ2n) is 6.61. The molecule has 136 valence electrons. The molecule has 1 heterocycles. The van der Waals surface area contributed by atoms with Crippen LogP contribution in [-0.4, -0.2) is 52.2 Å². The van der Waals surface area contributed by atoms with Crippen LogP contribution in [-0.2, 0) is 4.79 Å². The van der Waals surface area contributed by atoms with Crippen LogP contribution in [0.4, 0.5) is 0 Å². The normalized spacial score (nSPS) is 16.9. The summed E-state index contributed by atoms with van der Waals surface area (Å²) >= 11 is 0. The summed E-state index contributed by atoms with van der Waals surface area (Å²) in [6.07, 6.45) is 2.17. The molecule has 0 aromatic heterocycles. The van der Waals surface area contributed by atoms with Crippen molar-refractivity contribution in [3.8, 4) is 5.75 Å². The summed E-state index contributed by atoms with van der Waals surface area (Å²) in [6.45, 7) is 4.85. The molecule has 0 aliphatic carbocycles. The first-order chi connectivity index (χ1) is 11.8. The zero-order chi connectivity index (χ0) is 18.6. The third-order valence-corrected chi connectivity index (χ3v) is 4.17. The molecular formula is C18H23NO6. The predicted octanol–water partition coefficient (Wildman–Crippen LogP) is 2.50. The van der Waals surface area contributed by atoms with Gasteiger partial charge in [-0.05, 0) is 37.0 Å². The Morgan fingerprint density at radius 3 is 2.56 bits per heavy atom. The Morgan fingerprint density at radius 1 is 1.24 bits per heavy atom. The number of hydrogen-bond donors (Lipinski definition) is 2. The largest absolute Gasteiger partial charge is 0.491 e. The quantitative estimate of drug-likeness (QED) is 0.784. The van der Waals surface area contributed by atoms with Crippen molar-refractivity contribution in [3.63, 3.8) is 0 Å². The van der Waals surface area contributed by atoms with E-state index < -0.39 is 11.9 Å².